The van der Waals surface area contributed by atoms with E-state index in [0.29, 0.717) is 28.1 Å². The monoisotopic (exact) mass is 356 g/mol. The van der Waals surface area contributed by atoms with E-state index in [-0.39, 0.29) is 17.0 Å². The van der Waals surface area contributed by atoms with Gasteiger partial charge in [0, 0.05) is 24.2 Å². The number of nitrogens with zero attached hydrogens (tertiary/aromatic N) is 3. The van der Waals surface area contributed by atoms with Crippen LogP contribution in [0.4, 0.5) is 5.13 Å². The SMILES string of the molecule is CCCn1nc(C(=O)Nc2nc(C(C)=O)cs2)c2ccccc2c1=O. The van der Waals surface area contributed by atoms with Crippen molar-refractivity contribution >= 4 is 38.9 Å². The third-order valence-corrected chi connectivity index (χ3v) is 4.36. The quantitative estimate of drug-likeness (QED) is 0.709. The fraction of sp³-hybridized carbons (Fsp3) is 0.235. The van der Waals surface area contributed by atoms with Gasteiger partial charge in [-0.05, 0) is 12.5 Å². The Bertz CT molecular complexity index is 1020. The average Bonchev–Trinajstić information content (AvgIpc) is 3.06. The number of aromatic nitrogens is 3. The molecular weight excluding hydrogens is 340 g/mol. The lowest BCUT2D eigenvalue weighted by Gasteiger charge is -2.09. The van der Waals surface area contributed by atoms with Crippen LogP contribution in [0.25, 0.3) is 10.8 Å². The maximum Gasteiger partial charge on any atom is 0.278 e. The van der Waals surface area contributed by atoms with Gasteiger partial charge in [0.15, 0.2) is 16.6 Å². The summed E-state index contributed by atoms with van der Waals surface area (Å²) in [5, 5.41) is 9.71. The molecule has 3 rings (SSSR count). The summed E-state index contributed by atoms with van der Waals surface area (Å²) < 4.78 is 1.31. The van der Waals surface area contributed by atoms with Gasteiger partial charge in [-0.3, -0.25) is 19.7 Å². The van der Waals surface area contributed by atoms with E-state index in [1.807, 2.05) is 6.92 Å². The van der Waals surface area contributed by atoms with Crippen LogP contribution >= 0.6 is 11.3 Å². The number of ketones is 1. The number of nitrogens with one attached hydrogen (secondary N) is 1. The largest absolute Gasteiger partial charge is 0.296 e. The molecule has 2 aromatic heterocycles. The highest BCUT2D eigenvalue weighted by Gasteiger charge is 2.18. The molecular formula is C17H16N4O3S. The molecule has 0 aliphatic carbocycles. The van der Waals surface area contributed by atoms with Crippen molar-refractivity contribution in [1.29, 1.82) is 0 Å². The minimum atomic E-state index is -0.467. The lowest BCUT2D eigenvalue weighted by Crippen LogP contribution is -2.27. The Morgan fingerprint density at radius 1 is 1.24 bits per heavy atom. The highest BCUT2D eigenvalue weighted by molar-refractivity contribution is 7.14. The minimum absolute atomic E-state index is 0.156. The zero-order valence-corrected chi connectivity index (χ0v) is 14.6. The molecule has 0 aliphatic rings. The smallest absolute Gasteiger partial charge is 0.278 e. The number of fused-ring (bicyclic) bond motifs is 1. The summed E-state index contributed by atoms with van der Waals surface area (Å²) in [5.74, 6) is -0.637. The van der Waals surface area contributed by atoms with Gasteiger partial charge in [0.25, 0.3) is 11.5 Å². The number of hydrogen-bond donors (Lipinski definition) is 1. The van der Waals surface area contributed by atoms with Gasteiger partial charge in [0.05, 0.1) is 5.39 Å². The molecule has 0 saturated carbocycles. The molecule has 0 aliphatic heterocycles. The fourth-order valence-corrected chi connectivity index (χ4v) is 3.16. The fourth-order valence-electron chi connectivity index (χ4n) is 2.42. The summed E-state index contributed by atoms with van der Waals surface area (Å²) in [6.07, 6.45) is 0.723. The maximum absolute atomic E-state index is 12.7. The summed E-state index contributed by atoms with van der Waals surface area (Å²) >= 11 is 1.16. The van der Waals surface area contributed by atoms with Gasteiger partial charge in [-0.15, -0.1) is 11.3 Å². The molecule has 0 saturated heterocycles. The van der Waals surface area contributed by atoms with Gasteiger partial charge in [0.1, 0.15) is 5.69 Å². The third kappa shape index (κ3) is 3.34. The van der Waals surface area contributed by atoms with E-state index in [4.69, 9.17) is 0 Å². The zero-order valence-electron chi connectivity index (χ0n) is 13.8. The average molecular weight is 356 g/mol. The van der Waals surface area contributed by atoms with Crippen molar-refractivity contribution in [1.82, 2.24) is 14.8 Å². The number of Topliss-reactive ketones (excluding diaryl/α,β-unsaturated/α-hetero) is 1. The van der Waals surface area contributed by atoms with Crippen molar-refractivity contribution in [2.45, 2.75) is 26.8 Å². The Morgan fingerprint density at radius 3 is 2.60 bits per heavy atom. The number of benzene rings is 1. The van der Waals surface area contributed by atoms with Crippen LogP contribution in [0.3, 0.4) is 0 Å². The summed E-state index contributed by atoms with van der Waals surface area (Å²) in [7, 11) is 0. The molecule has 0 fully saturated rings. The van der Waals surface area contributed by atoms with Crippen LogP contribution in [0, 0.1) is 0 Å². The molecule has 1 aromatic carbocycles. The Hall–Kier alpha value is -2.87. The number of carbonyl (C=O) groups excluding carboxylic acids is 2. The van der Waals surface area contributed by atoms with E-state index in [2.05, 4.69) is 15.4 Å². The first-order chi connectivity index (χ1) is 12.0. The van der Waals surface area contributed by atoms with Gasteiger partial charge in [-0.1, -0.05) is 25.1 Å². The molecule has 128 valence electrons. The van der Waals surface area contributed by atoms with Crippen LogP contribution in [-0.4, -0.2) is 26.5 Å². The van der Waals surface area contributed by atoms with E-state index in [1.54, 1.807) is 29.6 Å². The first kappa shape index (κ1) is 17.0. The summed E-state index contributed by atoms with van der Waals surface area (Å²) in [4.78, 5) is 40.5. The molecule has 0 bridgehead atoms. The lowest BCUT2D eigenvalue weighted by molar-refractivity contribution is 0.100. The van der Waals surface area contributed by atoms with Crippen molar-refractivity contribution in [3.05, 3.63) is 51.4 Å². The van der Waals surface area contributed by atoms with Crippen LogP contribution in [0.5, 0.6) is 0 Å². The number of anilines is 1. The second-order valence-electron chi connectivity index (χ2n) is 5.47. The van der Waals surface area contributed by atoms with Crippen molar-refractivity contribution in [3.8, 4) is 0 Å². The van der Waals surface area contributed by atoms with E-state index in [0.717, 1.165) is 17.8 Å². The van der Waals surface area contributed by atoms with Crippen molar-refractivity contribution < 1.29 is 9.59 Å². The Kier molecular flexibility index (Phi) is 4.71. The predicted octanol–water partition coefficient (Wildman–Crippen LogP) is 2.72. The van der Waals surface area contributed by atoms with Crippen molar-refractivity contribution in [3.63, 3.8) is 0 Å². The highest BCUT2D eigenvalue weighted by atomic mass is 32.1. The second-order valence-corrected chi connectivity index (χ2v) is 6.33. The zero-order chi connectivity index (χ0) is 18.0. The standard InChI is InChI=1S/C17H16N4O3S/c1-3-8-21-16(24)12-7-5-4-6-11(12)14(20-21)15(23)19-17-18-13(9-25-17)10(2)22/h4-7,9H,3,8H2,1-2H3,(H,18,19,23). The molecule has 25 heavy (non-hydrogen) atoms. The Balaban J connectivity index is 2.04. The highest BCUT2D eigenvalue weighted by Crippen LogP contribution is 2.19. The summed E-state index contributed by atoms with van der Waals surface area (Å²) in [6, 6.07) is 6.88. The molecule has 0 atom stereocenters. The van der Waals surface area contributed by atoms with Gasteiger partial charge in [0.2, 0.25) is 0 Å². The number of hydrogen-bond acceptors (Lipinski definition) is 6. The van der Waals surface area contributed by atoms with Crippen LogP contribution < -0.4 is 10.9 Å². The molecule has 1 N–H and O–H groups in total. The molecule has 7 nitrogen and oxygen atoms in total. The van der Waals surface area contributed by atoms with Crippen LogP contribution in [0.1, 0.15) is 41.2 Å². The minimum Gasteiger partial charge on any atom is -0.296 e. The van der Waals surface area contributed by atoms with Crippen LogP contribution in [0.2, 0.25) is 0 Å². The molecule has 0 spiro atoms. The van der Waals surface area contributed by atoms with E-state index in [1.165, 1.54) is 11.6 Å². The molecule has 0 unspecified atom stereocenters. The van der Waals surface area contributed by atoms with Gasteiger partial charge >= 0.3 is 0 Å². The lowest BCUT2D eigenvalue weighted by atomic mass is 10.1. The Labute approximate surface area is 147 Å². The molecule has 1 amide bonds. The normalized spacial score (nSPS) is 10.8. The number of amides is 1. The van der Waals surface area contributed by atoms with Gasteiger partial charge < -0.3 is 0 Å². The predicted molar refractivity (Wildman–Crippen MR) is 96.4 cm³/mol. The van der Waals surface area contributed by atoms with E-state index < -0.39 is 5.91 Å². The topological polar surface area (TPSA) is 93.9 Å². The van der Waals surface area contributed by atoms with Gasteiger partial charge in [-0.2, -0.15) is 5.10 Å². The van der Waals surface area contributed by atoms with Crippen LogP contribution in [-0.2, 0) is 6.54 Å². The Morgan fingerprint density at radius 2 is 1.96 bits per heavy atom. The van der Waals surface area contributed by atoms with Crippen LogP contribution in [0.15, 0.2) is 34.4 Å². The van der Waals surface area contributed by atoms with Gasteiger partial charge in [-0.25, -0.2) is 9.67 Å². The number of carbonyl (C=O) groups is 2. The number of rotatable bonds is 5. The number of thiazole rings is 1. The molecule has 0 radical (unpaired) electrons. The summed E-state index contributed by atoms with van der Waals surface area (Å²) in [6.45, 7) is 3.77. The van der Waals surface area contributed by atoms with Crippen molar-refractivity contribution in [2.24, 2.45) is 0 Å². The van der Waals surface area contributed by atoms with E-state index in [9.17, 15) is 14.4 Å². The first-order valence-electron chi connectivity index (χ1n) is 7.79. The number of aryl methyl sites for hydroxylation is 1. The molecule has 2 heterocycles. The summed E-state index contributed by atoms with van der Waals surface area (Å²) in [5.41, 5.74) is 0.236. The van der Waals surface area contributed by atoms with E-state index >= 15 is 0 Å². The third-order valence-electron chi connectivity index (χ3n) is 3.60. The molecule has 8 heteroatoms. The molecule has 3 aromatic rings. The van der Waals surface area contributed by atoms with Crippen molar-refractivity contribution in [2.75, 3.05) is 5.32 Å². The first-order valence-corrected chi connectivity index (χ1v) is 8.67. The maximum atomic E-state index is 12.7. The second kappa shape index (κ2) is 6.94.